The lowest BCUT2D eigenvalue weighted by Crippen LogP contribution is -2.03. The van der Waals surface area contributed by atoms with Crippen LogP contribution < -0.4 is 0 Å². The van der Waals surface area contributed by atoms with Gasteiger partial charge in [0.2, 0.25) is 0 Å². The van der Waals surface area contributed by atoms with Crippen molar-refractivity contribution >= 4 is 34.3 Å². The van der Waals surface area contributed by atoms with E-state index < -0.39 is 0 Å². The summed E-state index contributed by atoms with van der Waals surface area (Å²) in [4.78, 5) is 0. The van der Waals surface area contributed by atoms with E-state index in [4.69, 9.17) is 27.9 Å². The highest BCUT2D eigenvalue weighted by atomic mass is 35.5. The smallest absolute Gasteiger partial charge is 0.123 e. The molecule has 0 saturated carbocycles. The van der Waals surface area contributed by atoms with E-state index in [0.29, 0.717) is 10.0 Å². The topological polar surface area (TPSA) is 9.23 Å². The van der Waals surface area contributed by atoms with Gasteiger partial charge in [-0.05, 0) is 54.7 Å². The van der Waals surface area contributed by atoms with Crippen molar-refractivity contribution < 1.29 is 4.74 Å². The predicted molar refractivity (Wildman–Crippen MR) is 98.5 cm³/mol. The Balaban J connectivity index is 2.19. The molecular weight excluding hydrogens is 327 g/mol. The average Bonchev–Trinajstić information content (AvgIpc) is 2.57. The Hall–Kier alpha value is -1.70. The van der Waals surface area contributed by atoms with E-state index in [1.165, 1.54) is 5.56 Å². The van der Waals surface area contributed by atoms with Gasteiger partial charge in [-0.25, -0.2) is 0 Å². The van der Waals surface area contributed by atoms with Gasteiger partial charge in [-0.2, -0.15) is 0 Å². The summed E-state index contributed by atoms with van der Waals surface area (Å²) in [6.07, 6.45) is 5.11. The van der Waals surface area contributed by atoms with Crippen LogP contribution >= 0.6 is 23.2 Å². The van der Waals surface area contributed by atoms with Gasteiger partial charge in [0, 0.05) is 5.57 Å². The van der Waals surface area contributed by atoms with Crippen molar-refractivity contribution in [2.24, 2.45) is 0 Å². The van der Waals surface area contributed by atoms with Crippen LogP contribution in [0.4, 0.5) is 0 Å². The number of methoxy groups -OCH3 is 1. The van der Waals surface area contributed by atoms with E-state index in [2.05, 4.69) is 43.7 Å². The number of hydrogen-bond donors (Lipinski definition) is 0. The molecule has 0 aromatic heterocycles. The largest absolute Gasteiger partial charge is 0.496 e. The fourth-order valence-corrected chi connectivity index (χ4v) is 3.05. The number of benzene rings is 2. The first kappa shape index (κ1) is 16.2. The van der Waals surface area contributed by atoms with E-state index in [9.17, 15) is 0 Å². The monoisotopic (exact) mass is 343 g/mol. The summed E-state index contributed by atoms with van der Waals surface area (Å²) in [7, 11) is 1.71. The summed E-state index contributed by atoms with van der Waals surface area (Å²) in [5.74, 6) is 0.887. The Morgan fingerprint density at radius 2 is 1.61 bits per heavy atom. The normalized spacial score (nSPS) is 14.7. The van der Waals surface area contributed by atoms with Crippen LogP contribution in [0.1, 0.15) is 23.1 Å². The molecule has 0 spiro atoms. The summed E-state index contributed by atoms with van der Waals surface area (Å²) >= 11 is 12.3. The molecule has 0 N–H and O–H groups in total. The Labute approximate surface area is 147 Å². The Kier molecular flexibility index (Phi) is 4.79. The summed E-state index contributed by atoms with van der Waals surface area (Å²) in [5.41, 5.74) is 5.59. The van der Waals surface area contributed by atoms with Crippen molar-refractivity contribution in [3.63, 3.8) is 0 Å². The maximum atomic E-state index is 6.20. The van der Waals surface area contributed by atoms with Gasteiger partial charge >= 0.3 is 0 Å². The van der Waals surface area contributed by atoms with Crippen LogP contribution in [0.3, 0.4) is 0 Å². The van der Waals surface area contributed by atoms with E-state index >= 15 is 0 Å². The molecule has 0 aliphatic heterocycles. The molecule has 23 heavy (non-hydrogen) atoms. The number of allylic oxidation sites excluding steroid dienone is 3. The standard InChI is InChI=1S/C20H17Cl2O/c1-13-6-8-14(9-7-13)20-16(4-3-5-19(20)23-2)15-10-11-17(21)18(22)12-15/h4-12H,3H2,1-2H3. The molecule has 0 heterocycles. The molecule has 1 aliphatic carbocycles. The maximum Gasteiger partial charge on any atom is 0.123 e. The second-order valence-corrected chi connectivity index (χ2v) is 6.31. The third-order valence-corrected chi connectivity index (χ3v) is 4.67. The average molecular weight is 344 g/mol. The van der Waals surface area contributed by atoms with Gasteiger partial charge in [0.15, 0.2) is 0 Å². The Bertz CT molecular complexity index is 786. The maximum absolute atomic E-state index is 6.20. The molecule has 1 nitrogen and oxygen atoms in total. The van der Waals surface area contributed by atoms with Gasteiger partial charge < -0.3 is 4.74 Å². The lowest BCUT2D eigenvalue weighted by Gasteiger charge is -2.22. The minimum atomic E-state index is 0.557. The molecule has 2 aromatic rings. The first-order chi connectivity index (χ1) is 11.1. The second kappa shape index (κ2) is 6.82. The minimum Gasteiger partial charge on any atom is -0.496 e. The lowest BCUT2D eigenvalue weighted by atomic mass is 9.86. The summed E-state index contributed by atoms with van der Waals surface area (Å²) < 4.78 is 5.62. The fourth-order valence-electron chi connectivity index (χ4n) is 2.75. The molecule has 0 bridgehead atoms. The van der Waals surface area contributed by atoms with Crippen molar-refractivity contribution in [3.05, 3.63) is 87.5 Å². The molecule has 0 fully saturated rings. The van der Waals surface area contributed by atoms with Crippen LogP contribution in [0.2, 0.25) is 10.0 Å². The van der Waals surface area contributed by atoms with E-state index in [1.807, 2.05) is 18.2 Å². The van der Waals surface area contributed by atoms with Crippen molar-refractivity contribution in [1.82, 2.24) is 0 Å². The number of halogens is 2. The van der Waals surface area contributed by atoms with E-state index in [0.717, 1.165) is 34.5 Å². The van der Waals surface area contributed by atoms with Crippen molar-refractivity contribution in [2.75, 3.05) is 7.11 Å². The van der Waals surface area contributed by atoms with Gasteiger partial charge in [-0.1, -0.05) is 59.1 Å². The zero-order valence-electron chi connectivity index (χ0n) is 13.1. The van der Waals surface area contributed by atoms with Gasteiger partial charge in [0.25, 0.3) is 0 Å². The molecule has 1 aliphatic rings. The minimum absolute atomic E-state index is 0.557. The van der Waals surface area contributed by atoms with Crippen LogP contribution in [0, 0.1) is 13.3 Å². The molecular formula is C20H17Cl2O. The molecule has 2 aromatic carbocycles. The molecule has 0 atom stereocenters. The summed E-state index contributed by atoms with van der Waals surface area (Å²) in [6.45, 7) is 2.08. The number of hydrogen-bond acceptors (Lipinski definition) is 1. The van der Waals surface area contributed by atoms with Crippen molar-refractivity contribution in [2.45, 2.75) is 13.3 Å². The molecule has 0 unspecified atom stereocenters. The molecule has 0 saturated heterocycles. The molecule has 3 rings (SSSR count). The van der Waals surface area contributed by atoms with Crippen molar-refractivity contribution in [3.8, 4) is 0 Å². The highest BCUT2D eigenvalue weighted by Gasteiger charge is 2.20. The zero-order valence-corrected chi connectivity index (χ0v) is 14.6. The predicted octanol–water partition coefficient (Wildman–Crippen LogP) is 6.35. The molecule has 117 valence electrons. The lowest BCUT2D eigenvalue weighted by molar-refractivity contribution is 0.309. The van der Waals surface area contributed by atoms with Gasteiger partial charge in [0.05, 0.1) is 17.2 Å². The number of rotatable bonds is 3. The van der Waals surface area contributed by atoms with Crippen LogP contribution in [0.5, 0.6) is 0 Å². The van der Waals surface area contributed by atoms with E-state index in [-0.39, 0.29) is 0 Å². The SMILES string of the molecule is COC1=CC[CH]C(c2ccc(Cl)c(Cl)c2)=C1c1ccc(C)cc1. The third kappa shape index (κ3) is 3.31. The van der Waals surface area contributed by atoms with E-state index in [1.54, 1.807) is 7.11 Å². The molecule has 0 amide bonds. The Morgan fingerprint density at radius 3 is 2.26 bits per heavy atom. The van der Waals surface area contributed by atoms with Crippen LogP contribution in [-0.2, 0) is 4.74 Å². The summed E-state index contributed by atoms with van der Waals surface area (Å²) in [6, 6.07) is 14.2. The molecule has 3 heteroatoms. The summed E-state index contributed by atoms with van der Waals surface area (Å²) in [5, 5.41) is 1.12. The zero-order chi connectivity index (χ0) is 16.4. The van der Waals surface area contributed by atoms with Gasteiger partial charge in [-0.3, -0.25) is 0 Å². The first-order valence-corrected chi connectivity index (χ1v) is 8.20. The van der Waals surface area contributed by atoms with Crippen LogP contribution in [0.15, 0.2) is 54.3 Å². The van der Waals surface area contributed by atoms with Crippen molar-refractivity contribution in [1.29, 1.82) is 0 Å². The number of aryl methyl sites for hydroxylation is 1. The van der Waals surface area contributed by atoms with Gasteiger partial charge in [0.1, 0.15) is 5.76 Å². The fraction of sp³-hybridized carbons (Fsp3) is 0.150. The van der Waals surface area contributed by atoms with Crippen LogP contribution in [0.25, 0.3) is 11.1 Å². The highest BCUT2D eigenvalue weighted by Crippen LogP contribution is 2.39. The Morgan fingerprint density at radius 1 is 0.913 bits per heavy atom. The highest BCUT2D eigenvalue weighted by molar-refractivity contribution is 6.42. The first-order valence-electron chi connectivity index (χ1n) is 7.44. The molecule has 1 radical (unpaired) electrons. The van der Waals surface area contributed by atoms with Crippen LogP contribution in [-0.4, -0.2) is 7.11 Å². The third-order valence-electron chi connectivity index (χ3n) is 3.93. The second-order valence-electron chi connectivity index (χ2n) is 5.50. The number of ether oxygens (including phenoxy) is 1. The van der Waals surface area contributed by atoms with Gasteiger partial charge in [-0.15, -0.1) is 0 Å². The quantitative estimate of drug-likeness (QED) is 0.630.